The molecule has 0 bridgehead atoms. The van der Waals surface area contributed by atoms with Crippen LogP contribution in [0.3, 0.4) is 0 Å². The average molecular weight is 375 g/mol. The Bertz CT molecular complexity index is 640. The molecule has 2 rings (SSSR count). The molecule has 0 radical (unpaired) electrons. The van der Waals surface area contributed by atoms with Crippen LogP contribution in [-0.4, -0.2) is 47.0 Å². The molecule has 1 heterocycles. The van der Waals surface area contributed by atoms with Crippen molar-refractivity contribution < 1.29 is 19.5 Å². The molecule has 1 fully saturated rings. The number of aliphatic carboxylic acids is 1. The third kappa shape index (κ3) is 6.58. The fourth-order valence-electron chi connectivity index (χ4n) is 3.29. The van der Waals surface area contributed by atoms with E-state index in [1.807, 2.05) is 44.2 Å². The van der Waals surface area contributed by atoms with Crippen molar-refractivity contribution in [3.05, 3.63) is 35.9 Å². The molecule has 1 aromatic rings. The van der Waals surface area contributed by atoms with E-state index in [2.05, 4.69) is 10.6 Å². The number of carbonyl (C=O) groups excluding carboxylic acids is 2. The molecule has 1 aliphatic rings. The largest absolute Gasteiger partial charge is 0.481 e. The summed E-state index contributed by atoms with van der Waals surface area (Å²) < 4.78 is 0. The number of carbonyl (C=O) groups is 3. The van der Waals surface area contributed by atoms with E-state index in [1.54, 1.807) is 4.90 Å². The minimum Gasteiger partial charge on any atom is -0.481 e. The van der Waals surface area contributed by atoms with Gasteiger partial charge in [-0.05, 0) is 30.2 Å². The van der Waals surface area contributed by atoms with Crippen molar-refractivity contribution in [3.63, 3.8) is 0 Å². The van der Waals surface area contributed by atoms with Gasteiger partial charge in [-0.3, -0.25) is 9.59 Å². The second-order valence-electron chi connectivity index (χ2n) is 7.40. The first-order valence-corrected chi connectivity index (χ1v) is 9.45. The van der Waals surface area contributed by atoms with Crippen molar-refractivity contribution in [1.82, 2.24) is 15.5 Å². The first-order valence-electron chi connectivity index (χ1n) is 9.45. The van der Waals surface area contributed by atoms with Crippen molar-refractivity contribution in [2.45, 2.75) is 45.7 Å². The van der Waals surface area contributed by atoms with E-state index in [0.29, 0.717) is 32.5 Å². The minimum absolute atomic E-state index is 0.0447. The Hall–Kier alpha value is -2.57. The number of piperidine rings is 1. The van der Waals surface area contributed by atoms with Gasteiger partial charge in [0, 0.05) is 26.1 Å². The van der Waals surface area contributed by atoms with E-state index in [4.69, 9.17) is 5.11 Å². The highest BCUT2D eigenvalue weighted by atomic mass is 16.4. The molecule has 0 aliphatic carbocycles. The zero-order valence-corrected chi connectivity index (χ0v) is 16.0. The van der Waals surface area contributed by atoms with Gasteiger partial charge in [0.15, 0.2) is 0 Å². The lowest BCUT2D eigenvalue weighted by molar-refractivity contribution is -0.139. The predicted molar refractivity (Wildman–Crippen MR) is 102 cm³/mol. The van der Waals surface area contributed by atoms with Gasteiger partial charge in [-0.2, -0.15) is 0 Å². The lowest BCUT2D eigenvalue weighted by atomic mass is 9.92. The second-order valence-corrected chi connectivity index (χ2v) is 7.40. The Kier molecular flexibility index (Phi) is 7.64. The summed E-state index contributed by atoms with van der Waals surface area (Å²) in [6.45, 7) is 5.27. The number of benzene rings is 1. The molecular formula is C20H29N3O4. The molecule has 0 saturated carbocycles. The number of urea groups is 1. The van der Waals surface area contributed by atoms with Crippen LogP contribution in [0.4, 0.5) is 4.79 Å². The molecule has 7 nitrogen and oxygen atoms in total. The van der Waals surface area contributed by atoms with Crippen LogP contribution in [-0.2, 0) is 16.1 Å². The molecule has 1 aliphatic heterocycles. The lowest BCUT2D eigenvalue weighted by Gasteiger charge is -2.35. The summed E-state index contributed by atoms with van der Waals surface area (Å²) in [6, 6.07) is 8.60. The first kappa shape index (κ1) is 20.7. The van der Waals surface area contributed by atoms with Crippen LogP contribution < -0.4 is 10.6 Å². The Balaban J connectivity index is 1.85. The molecule has 1 aromatic carbocycles. The number of hydrogen-bond donors (Lipinski definition) is 3. The number of likely N-dealkylation sites (tertiary alicyclic amines) is 1. The molecule has 3 amide bonds. The maximum Gasteiger partial charge on any atom is 0.315 e. The Morgan fingerprint density at radius 3 is 2.33 bits per heavy atom. The number of amides is 3. The van der Waals surface area contributed by atoms with Gasteiger partial charge in [0.1, 0.15) is 6.04 Å². The molecule has 3 N–H and O–H groups in total. The van der Waals surface area contributed by atoms with Crippen molar-refractivity contribution in [3.8, 4) is 0 Å². The van der Waals surface area contributed by atoms with Crippen molar-refractivity contribution >= 4 is 17.9 Å². The smallest absolute Gasteiger partial charge is 0.315 e. The standard InChI is InChI=1S/C20H29N3O4/c1-14(2)18(22-20(27)21-13-16-6-4-3-5-7-16)19(26)23-10-8-15(9-11-23)12-17(24)25/h3-7,14-15,18H,8-13H2,1-2H3,(H,24,25)(H2,21,22,27). The zero-order chi connectivity index (χ0) is 19.8. The minimum atomic E-state index is -0.795. The SMILES string of the molecule is CC(C)C(NC(=O)NCc1ccccc1)C(=O)N1CCC(CC(=O)O)CC1. The normalized spacial score (nSPS) is 16.0. The van der Waals surface area contributed by atoms with Gasteiger partial charge in [-0.1, -0.05) is 44.2 Å². The van der Waals surface area contributed by atoms with Crippen LogP contribution in [0, 0.1) is 11.8 Å². The Labute approximate surface area is 160 Å². The average Bonchev–Trinajstić information content (AvgIpc) is 2.64. The summed E-state index contributed by atoms with van der Waals surface area (Å²) in [7, 11) is 0. The number of carboxylic acid groups (broad SMARTS) is 1. The Morgan fingerprint density at radius 2 is 1.78 bits per heavy atom. The van der Waals surface area contributed by atoms with Gasteiger partial charge in [0.2, 0.25) is 5.91 Å². The molecule has 1 atom stereocenters. The van der Waals surface area contributed by atoms with E-state index in [9.17, 15) is 14.4 Å². The van der Waals surface area contributed by atoms with Crippen LogP contribution in [0.2, 0.25) is 0 Å². The maximum atomic E-state index is 12.8. The van der Waals surface area contributed by atoms with E-state index in [-0.39, 0.29) is 30.2 Å². The summed E-state index contributed by atoms with van der Waals surface area (Å²) >= 11 is 0. The van der Waals surface area contributed by atoms with Gasteiger partial charge in [0.05, 0.1) is 0 Å². The summed E-state index contributed by atoms with van der Waals surface area (Å²) in [5.41, 5.74) is 0.987. The highest BCUT2D eigenvalue weighted by Crippen LogP contribution is 2.21. The van der Waals surface area contributed by atoms with Crippen molar-refractivity contribution in [2.24, 2.45) is 11.8 Å². The maximum absolute atomic E-state index is 12.8. The van der Waals surface area contributed by atoms with Gasteiger partial charge in [-0.25, -0.2) is 4.79 Å². The third-order valence-electron chi connectivity index (χ3n) is 4.90. The van der Waals surface area contributed by atoms with Crippen LogP contribution >= 0.6 is 0 Å². The van der Waals surface area contributed by atoms with Crippen LogP contribution in [0.25, 0.3) is 0 Å². The Morgan fingerprint density at radius 1 is 1.15 bits per heavy atom. The molecule has 7 heteroatoms. The quantitative estimate of drug-likeness (QED) is 0.680. The molecule has 0 spiro atoms. The second kappa shape index (κ2) is 9.94. The molecule has 27 heavy (non-hydrogen) atoms. The summed E-state index contributed by atoms with van der Waals surface area (Å²) in [6.07, 6.45) is 1.52. The van der Waals surface area contributed by atoms with E-state index < -0.39 is 12.0 Å². The van der Waals surface area contributed by atoms with Gasteiger partial charge in [0.25, 0.3) is 0 Å². The first-order chi connectivity index (χ1) is 12.9. The number of rotatable bonds is 7. The van der Waals surface area contributed by atoms with Crippen molar-refractivity contribution in [2.75, 3.05) is 13.1 Å². The lowest BCUT2D eigenvalue weighted by Crippen LogP contribution is -2.54. The number of hydrogen-bond acceptors (Lipinski definition) is 3. The number of carboxylic acids is 1. The van der Waals surface area contributed by atoms with Crippen molar-refractivity contribution in [1.29, 1.82) is 0 Å². The predicted octanol–water partition coefficient (Wildman–Crippen LogP) is 2.22. The summed E-state index contributed by atoms with van der Waals surface area (Å²) in [5, 5.41) is 14.5. The summed E-state index contributed by atoms with van der Waals surface area (Å²) in [5.74, 6) is -0.826. The highest BCUT2D eigenvalue weighted by molar-refractivity contribution is 5.87. The molecular weight excluding hydrogens is 346 g/mol. The highest BCUT2D eigenvalue weighted by Gasteiger charge is 2.31. The monoisotopic (exact) mass is 375 g/mol. The third-order valence-corrected chi connectivity index (χ3v) is 4.90. The fourth-order valence-corrected chi connectivity index (χ4v) is 3.29. The van der Waals surface area contributed by atoms with Gasteiger partial charge >= 0.3 is 12.0 Å². The van der Waals surface area contributed by atoms with E-state index in [1.165, 1.54) is 0 Å². The molecule has 0 aromatic heterocycles. The van der Waals surface area contributed by atoms with Crippen LogP contribution in [0.1, 0.15) is 38.7 Å². The van der Waals surface area contributed by atoms with E-state index in [0.717, 1.165) is 5.56 Å². The van der Waals surface area contributed by atoms with Crippen LogP contribution in [0.5, 0.6) is 0 Å². The molecule has 148 valence electrons. The van der Waals surface area contributed by atoms with Crippen LogP contribution in [0.15, 0.2) is 30.3 Å². The molecule has 1 saturated heterocycles. The summed E-state index contributed by atoms with van der Waals surface area (Å²) in [4.78, 5) is 37.6. The zero-order valence-electron chi connectivity index (χ0n) is 16.0. The van der Waals surface area contributed by atoms with Gasteiger partial charge in [-0.15, -0.1) is 0 Å². The number of nitrogens with one attached hydrogen (secondary N) is 2. The van der Waals surface area contributed by atoms with E-state index >= 15 is 0 Å². The topological polar surface area (TPSA) is 98.7 Å². The van der Waals surface area contributed by atoms with Gasteiger partial charge < -0.3 is 20.6 Å². The fraction of sp³-hybridized carbons (Fsp3) is 0.550. The number of nitrogens with zero attached hydrogens (tertiary/aromatic N) is 1. The molecule has 1 unspecified atom stereocenters.